The van der Waals surface area contributed by atoms with Crippen molar-refractivity contribution in [3.05, 3.63) is 69.2 Å². The molecule has 2 nitrogen and oxygen atoms in total. The van der Waals surface area contributed by atoms with Crippen molar-refractivity contribution in [2.75, 3.05) is 0 Å². The van der Waals surface area contributed by atoms with Gasteiger partial charge in [0, 0.05) is 23.1 Å². The highest BCUT2D eigenvalue weighted by Crippen LogP contribution is 2.41. The maximum absolute atomic E-state index is 13.1. The largest absolute Gasteiger partial charge is 0.416 e. The topological polar surface area (TPSA) is 38.0 Å². The van der Waals surface area contributed by atoms with Crippen LogP contribution in [-0.4, -0.2) is 6.04 Å². The van der Waals surface area contributed by atoms with E-state index in [4.69, 9.17) is 17.3 Å². The molecule has 1 aliphatic heterocycles. The van der Waals surface area contributed by atoms with Gasteiger partial charge in [0.1, 0.15) is 0 Å². The summed E-state index contributed by atoms with van der Waals surface area (Å²) in [6.07, 6.45) is -14.2. The maximum atomic E-state index is 13.1. The molecular formula is C20H16ClF9N2. The fourth-order valence-electron chi connectivity index (χ4n) is 3.69. The Hall–Kier alpha value is -1.98. The number of nitrogens with one attached hydrogen (secondary N) is 1. The van der Waals surface area contributed by atoms with E-state index < -0.39 is 53.3 Å². The Morgan fingerprint density at radius 2 is 1.31 bits per heavy atom. The summed E-state index contributed by atoms with van der Waals surface area (Å²) in [5, 5.41) is 2.95. The lowest BCUT2D eigenvalue weighted by molar-refractivity contribution is -0.143. The average Bonchev–Trinajstić information content (AvgIpc) is 3.15. The number of hydrogen-bond donors (Lipinski definition) is 2. The molecular weight excluding hydrogens is 475 g/mol. The van der Waals surface area contributed by atoms with Crippen molar-refractivity contribution in [2.45, 2.75) is 49.5 Å². The van der Waals surface area contributed by atoms with Crippen molar-refractivity contribution in [1.29, 1.82) is 0 Å². The summed E-state index contributed by atoms with van der Waals surface area (Å²) in [7, 11) is 0. The van der Waals surface area contributed by atoms with E-state index >= 15 is 0 Å². The summed E-state index contributed by atoms with van der Waals surface area (Å²) in [5.74, 6) is 0. The van der Waals surface area contributed by atoms with Gasteiger partial charge in [0.15, 0.2) is 0 Å². The standard InChI is InChI=1S/C20H16ClF9N2/c21-14-2-1-10(18(22,23)24)8-13(14)15-3-4-16(32-15)17(31)9-5-11(19(25,26)27)7-12(6-9)20(28,29)30/h1-2,5-8,15-17,32H,3-4,31H2/t15-,16-,17?/m0/s1. The Morgan fingerprint density at radius 3 is 1.81 bits per heavy atom. The smallest absolute Gasteiger partial charge is 0.323 e. The highest BCUT2D eigenvalue weighted by molar-refractivity contribution is 6.31. The molecule has 12 heteroatoms. The van der Waals surface area contributed by atoms with E-state index in [1.54, 1.807) is 0 Å². The van der Waals surface area contributed by atoms with Gasteiger partial charge in [-0.2, -0.15) is 39.5 Å². The van der Waals surface area contributed by atoms with Crippen molar-refractivity contribution >= 4 is 11.6 Å². The van der Waals surface area contributed by atoms with E-state index in [9.17, 15) is 39.5 Å². The Bertz CT molecular complexity index is 950. The zero-order chi connectivity index (χ0) is 24.1. The Labute approximate surface area is 181 Å². The van der Waals surface area contributed by atoms with Gasteiger partial charge in [-0.05, 0) is 60.4 Å². The van der Waals surface area contributed by atoms with Crippen LogP contribution < -0.4 is 11.1 Å². The minimum Gasteiger partial charge on any atom is -0.323 e. The first-order chi connectivity index (χ1) is 14.6. The molecule has 1 unspecified atom stereocenters. The van der Waals surface area contributed by atoms with E-state index in [1.165, 1.54) is 0 Å². The maximum Gasteiger partial charge on any atom is 0.416 e. The van der Waals surface area contributed by atoms with Gasteiger partial charge >= 0.3 is 18.5 Å². The molecule has 0 bridgehead atoms. The molecule has 0 aliphatic carbocycles. The zero-order valence-electron chi connectivity index (χ0n) is 16.0. The molecule has 32 heavy (non-hydrogen) atoms. The van der Waals surface area contributed by atoms with Gasteiger partial charge < -0.3 is 11.1 Å². The third-order valence-corrected chi connectivity index (χ3v) is 5.65. The van der Waals surface area contributed by atoms with Crippen LogP contribution in [0, 0.1) is 0 Å². The van der Waals surface area contributed by atoms with E-state index in [0.29, 0.717) is 12.1 Å². The summed E-state index contributed by atoms with van der Waals surface area (Å²) in [5.41, 5.74) is 1.81. The summed E-state index contributed by atoms with van der Waals surface area (Å²) in [6, 6.07) is 1.10. The van der Waals surface area contributed by atoms with Gasteiger partial charge in [-0.15, -0.1) is 0 Å². The minimum atomic E-state index is -5.02. The first-order valence-corrected chi connectivity index (χ1v) is 9.63. The number of hydrogen-bond acceptors (Lipinski definition) is 2. The number of alkyl halides is 9. The second kappa shape index (κ2) is 8.42. The van der Waals surface area contributed by atoms with E-state index in [1.807, 2.05) is 0 Å². The molecule has 0 amide bonds. The predicted molar refractivity (Wildman–Crippen MR) is 98.7 cm³/mol. The number of rotatable bonds is 3. The fourth-order valence-corrected chi connectivity index (χ4v) is 3.94. The fraction of sp³-hybridized carbons (Fsp3) is 0.400. The average molecular weight is 491 g/mol. The third-order valence-electron chi connectivity index (χ3n) is 5.31. The highest BCUT2D eigenvalue weighted by Gasteiger charge is 2.39. The van der Waals surface area contributed by atoms with Gasteiger partial charge in [-0.25, -0.2) is 0 Å². The molecule has 1 saturated heterocycles. The minimum absolute atomic E-state index is 0.00348. The lowest BCUT2D eigenvalue weighted by atomic mass is 9.94. The normalized spacial score (nSPS) is 21.1. The number of nitrogens with two attached hydrogens (primary N) is 1. The summed E-state index contributed by atoms with van der Waals surface area (Å²) in [4.78, 5) is 0. The van der Waals surface area contributed by atoms with Crippen LogP contribution in [0.2, 0.25) is 5.02 Å². The predicted octanol–water partition coefficient (Wildman–Crippen LogP) is 6.89. The van der Waals surface area contributed by atoms with E-state index in [-0.39, 0.29) is 35.1 Å². The zero-order valence-corrected chi connectivity index (χ0v) is 16.7. The number of halogens is 10. The first-order valence-electron chi connectivity index (χ1n) is 9.25. The van der Waals surface area contributed by atoms with Crippen molar-refractivity contribution in [2.24, 2.45) is 5.73 Å². The Morgan fingerprint density at radius 1 is 0.781 bits per heavy atom. The van der Waals surface area contributed by atoms with Crippen LogP contribution >= 0.6 is 11.6 Å². The molecule has 176 valence electrons. The summed E-state index contributed by atoms with van der Waals surface area (Å²) < 4.78 is 118. The quantitative estimate of drug-likeness (QED) is 0.460. The van der Waals surface area contributed by atoms with Crippen LogP contribution in [0.25, 0.3) is 0 Å². The van der Waals surface area contributed by atoms with Gasteiger partial charge in [0.05, 0.1) is 16.7 Å². The van der Waals surface area contributed by atoms with Gasteiger partial charge in [0.25, 0.3) is 0 Å². The molecule has 0 saturated carbocycles. The molecule has 0 radical (unpaired) electrons. The lowest BCUT2D eigenvalue weighted by Crippen LogP contribution is -2.35. The monoisotopic (exact) mass is 490 g/mol. The molecule has 3 rings (SSSR count). The SMILES string of the molecule is NC(c1cc(C(F)(F)F)cc(C(F)(F)F)c1)[C@@H]1CC[C@@H](c2cc(C(F)(F)F)ccc2Cl)N1. The number of benzene rings is 2. The van der Waals surface area contributed by atoms with E-state index in [0.717, 1.165) is 18.2 Å². The molecule has 2 aromatic carbocycles. The molecule has 1 heterocycles. The van der Waals surface area contributed by atoms with Gasteiger partial charge in [-0.1, -0.05) is 11.6 Å². The Balaban J connectivity index is 1.89. The highest BCUT2D eigenvalue weighted by atomic mass is 35.5. The second-order valence-electron chi connectivity index (χ2n) is 7.50. The summed E-state index contributed by atoms with van der Waals surface area (Å²) in [6.45, 7) is 0. The van der Waals surface area contributed by atoms with Gasteiger partial charge in [0.2, 0.25) is 0 Å². The molecule has 2 aromatic rings. The molecule has 1 fully saturated rings. The van der Waals surface area contributed by atoms with Crippen LogP contribution in [0.4, 0.5) is 39.5 Å². The molecule has 3 N–H and O–H groups in total. The lowest BCUT2D eigenvalue weighted by Gasteiger charge is -2.24. The Kier molecular flexibility index (Phi) is 6.49. The first kappa shape index (κ1) is 24.7. The van der Waals surface area contributed by atoms with Crippen LogP contribution in [0.3, 0.4) is 0 Å². The van der Waals surface area contributed by atoms with Crippen molar-refractivity contribution in [3.8, 4) is 0 Å². The van der Waals surface area contributed by atoms with Gasteiger partial charge in [-0.3, -0.25) is 0 Å². The van der Waals surface area contributed by atoms with Crippen LogP contribution in [0.15, 0.2) is 36.4 Å². The van der Waals surface area contributed by atoms with Crippen molar-refractivity contribution < 1.29 is 39.5 Å². The molecule has 0 aromatic heterocycles. The van der Waals surface area contributed by atoms with Crippen LogP contribution in [-0.2, 0) is 18.5 Å². The molecule has 0 spiro atoms. The van der Waals surface area contributed by atoms with Crippen LogP contribution in [0.1, 0.15) is 52.7 Å². The van der Waals surface area contributed by atoms with Crippen LogP contribution in [0.5, 0.6) is 0 Å². The van der Waals surface area contributed by atoms with Crippen molar-refractivity contribution in [1.82, 2.24) is 5.32 Å². The molecule has 3 atom stereocenters. The second-order valence-corrected chi connectivity index (χ2v) is 7.91. The third kappa shape index (κ3) is 5.32. The molecule has 1 aliphatic rings. The van der Waals surface area contributed by atoms with Crippen molar-refractivity contribution in [3.63, 3.8) is 0 Å². The summed E-state index contributed by atoms with van der Waals surface area (Å²) >= 11 is 6.02. The van der Waals surface area contributed by atoms with E-state index in [2.05, 4.69) is 5.32 Å².